The normalized spacial score (nSPS) is 27.5. The van der Waals surface area contributed by atoms with Gasteiger partial charge in [-0.3, -0.25) is 5.32 Å². The summed E-state index contributed by atoms with van der Waals surface area (Å²) in [4.78, 5) is 11.6. The van der Waals surface area contributed by atoms with Gasteiger partial charge in [0.15, 0.2) is 5.13 Å². The Morgan fingerprint density at radius 3 is 3.17 bits per heavy atom. The van der Waals surface area contributed by atoms with Crippen molar-refractivity contribution in [1.29, 1.82) is 0 Å². The van der Waals surface area contributed by atoms with E-state index in [1.165, 1.54) is 16.7 Å². The molecule has 128 valence electrons. The van der Waals surface area contributed by atoms with Gasteiger partial charge in [-0.05, 0) is 51.1 Å². The zero-order chi connectivity index (χ0) is 16.7. The Kier molecular flexibility index (Phi) is 3.96. The summed E-state index contributed by atoms with van der Waals surface area (Å²) in [7, 11) is 2.16. The molecule has 1 N–H and O–H groups in total. The predicted octanol–water partition coefficient (Wildman–Crippen LogP) is 3.50. The van der Waals surface area contributed by atoms with E-state index in [0.29, 0.717) is 11.9 Å². The van der Waals surface area contributed by atoms with Gasteiger partial charge in [-0.25, -0.2) is 9.98 Å². The van der Waals surface area contributed by atoms with E-state index in [4.69, 9.17) is 4.74 Å². The summed E-state index contributed by atoms with van der Waals surface area (Å²) in [6, 6.07) is 6.95. The molecule has 0 bridgehead atoms. The standard InChI is InChI=1S/C18H24N4OS/c1-4-13-7-8-22(3)11-18(13)10-19-16(23-18)21-17-20-14-6-5-12(2)9-15(14)24-17/h5-6,9,13H,4,7-8,10-11H2,1-3H3,(H,19,20,21). The lowest BCUT2D eigenvalue weighted by Crippen LogP contribution is -2.55. The number of hydrogen-bond acceptors (Lipinski definition) is 6. The lowest BCUT2D eigenvalue weighted by atomic mass is 9.79. The van der Waals surface area contributed by atoms with Crippen LogP contribution in [0.25, 0.3) is 10.2 Å². The van der Waals surface area contributed by atoms with Crippen LogP contribution in [0.5, 0.6) is 0 Å². The van der Waals surface area contributed by atoms with Gasteiger partial charge in [-0.15, -0.1) is 0 Å². The number of aryl methyl sites for hydroxylation is 1. The fourth-order valence-electron chi connectivity index (χ4n) is 3.88. The number of nitrogens with zero attached hydrogens (tertiary/aromatic N) is 3. The van der Waals surface area contributed by atoms with Crippen LogP contribution in [-0.2, 0) is 4.74 Å². The van der Waals surface area contributed by atoms with Crippen molar-refractivity contribution < 1.29 is 4.74 Å². The Labute approximate surface area is 146 Å². The lowest BCUT2D eigenvalue weighted by molar-refractivity contribution is -0.0389. The summed E-state index contributed by atoms with van der Waals surface area (Å²) in [5.41, 5.74) is 2.10. The molecule has 2 atom stereocenters. The Bertz CT molecular complexity index is 786. The molecule has 3 heterocycles. The summed E-state index contributed by atoms with van der Waals surface area (Å²) in [6.07, 6.45) is 2.31. The molecule has 1 aromatic carbocycles. The van der Waals surface area contributed by atoms with Crippen LogP contribution < -0.4 is 5.32 Å². The average molecular weight is 344 g/mol. The molecule has 2 aliphatic rings. The molecule has 0 saturated carbocycles. The quantitative estimate of drug-likeness (QED) is 0.906. The molecular formula is C18H24N4OS. The van der Waals surface area contributed by atoms with Crippen molar-refractivity contribution in [3.05, 3.63) is 23.8 Å². The first kappa shape index (κ1) is 15.8. The van der Waals surface area contributed by atoms with E-state index < -0.39 is 0 Å². The Morgan fingerprint density at radius 2 is 2.33 bits per heavy atom. The monoisotopic (exact) mass is 344 g/mol. The van der Waals surface area contributed by atoms with E-state index in [1.807, 2.05) is 0 Å². The average Bonchev–Trinajstić information content (AvgIpc) is 3.11. The van der Waals surface area contributed by atoms with Crippen molar-refractivity contribution in [1.82, 2.24) is 9.88 Å². The van der Waals surface area contributed by atoms with Gasteiger partial charge in [-0.2, -0.15) is 0 Å². The molecule has 6 heteroatoms. The number of aliphatic imine (C=N–C) groups is 1. The highest BCUT2D eigenvalue weighted by Crippen LogP contribution is 2.37. The van der Waals surface area contributed by atoms with Crippen molar-refractivity contribution in [3.8, 4) is 0 Å². The molecule has 24 heavy (non-hydrogen) atoms. The van der Waals surface area contributed by atoms with Gasteiger partial charge in [0.2, 0.25) is 0 Å². The van der Waals surface area contributed by atoms with Crippen LogP contribution in [0.4, 0.5) is 5.13 Å². The van der Waals surface area contributed by atoms with E-state index >= 15 is 0 Å². The maximum atomic E-state index is 6.35. The van der Waals surface area contributed by atoms with Gasteiger partial charge in [0.1, 0.15) is 5.60 Å². The molecule has 1 fully saturated rings. The third-order valence-electron chi connectivity index (χ3n) is 5.18. The van der Waals surface area contributed by atoms with Crippen molar-refractivity contribution in [2.24, 2.45) is 10.9 Å². The number of thiazole rings is 1. The number of aromatic nitrogens is 1. The van der Waals surface area contributed by atoms with E-state index in [-0.39, 0.29) is 5.60 Å². The number of ether oxygens (including phenoxy) is 1. The second-order valence-corrected chi connectivity index (χ2v) is 8.07. The number of amidine groups is 1. The zero-order valence-electron chi connectivity index (χ0n) is 14.5. The fraction of sp³-hybridized carbons (Fsp3) is 0.556. The van der Waals surface area contributed by atoms with E-state index in [2.05, 4.69) is 59.3 Å². The Hall–Kier alpha value is -1.66. The van der Waals surface area contributed by atoms with Crippen LogP contribution in [-0.4, -0.2) is 48.2 Å². The molecule has 0 radical (unpaired) electrons. The van der Waals surface area contributed by atoms with Crippen molar-refractivity contribution >= 4 is 32.7 Å². The number of likely N-dealkylation sites (tertiary alicyclic amines) is 1. The van der Waals surface area contributed by atoms with Crippen LogP contribution in [0.3, 0.4) is 0 Å². The Balaban J connectivity index is 1.51. The largest absolute Gasteiger partial charge is 0.455 e. The summed E-state index contributed by atoms with van der Waals surface area (Å²) in [5.74, 6) is 0.565. The maximum absolute atomic E-state index is 6.35. The highest BCUT2D eigenvalue weighted by atomic mass is 32.1. The first-order chi connectivity index (χ1) is 11.6. The third kappa shape index (κ3) is 2.78. The van der Waals surface area contributed by atoms with Gasteiger partial charge in [0.25, 0.3) is 6.02 Å². The second-order valence-electron chi connectivity index (χ2n) is 7.04. The summed E-state index contributed by atoms with van der Waals surface area (Å²) in [5, 5.41) is 4.15. The number of rotatable bonds is 2. The molecule has 0 amide bonds. The van der Waals surface area contributed by atoms with Gasteiger partial charge < -0.3 is 9.64 Å². The fourth-order valence-corrected chi connectivity index (χ4v) is 4.83. The highest BCUT2D eigenvalue weighted by Gasteiger charge is 2.47. The minimum Gasteiger partial charge on any atom is -0.455 e. The maximum Gasteiger partial charge on any atom is 0.291 e. The van der Waals surface area contributed by atoms with E-state index in [9.17, 15) is 0 Å². The van der Waals surface area contributed by atoms with Crippen LogP contribution in [0.2, 0.25) is 0 Å². The Morgan fingerprint density at radius 1 is 1.46 bits per heavy atom. The first-order valence-electron chi connectivity index (χ1n) is 8.64. The lowest BCUT2D eigenvalue weighted by Gasteiger charge is -2.43. The molecule has 2 aliphatic heterocycles. The van der Waals surface area contributed by atoms with Crippen molar-refractivity contribution in [2.75, 3.05) is 32.0 Å². The van der Waals surface area contributed by atoms with Crippen LogP contribution in [0.1, 0.15) is 25.3 Å². The van der Waals surface area contributed by atoms with Crippen molar-refractivity contribution in [3.63, 3.8) is 0 Å². The molecule has 1 saturated heterocycles. The minimum absolute atomic E-state index is 0.169. The third-order valence-corrected chi connectivity index (χ3v) is 6.12. The number of fused-ring (bicyclic) bond motifs is 1. The summed E-state index contributed by atoms with van der Waals surface area (Å²) < 4.78 is 7.54. The van der Waals surface area contributed by atoms with Gasteiger partial charge >= 0.3 is 0 Å². The minimum atomic E-state index is -0.169. The number of likely N-dealkylation sites (N-methyl/N-ethyl adjacent to an activating group) is 1. The van der Waals surface area contributed by atoms with E-state index in [1.54, 1.807) is 11.3 Å². The molecule has 2 aromatic rings. The number of hydrogen-bond donors (Lipinski definition) is 1. The number of anilines is 1. The molecule has 4 rings (SSSR count). The zero-order valence-corrected chi connectivity index (χ0v) is 15.3. The second kappa shape index (κ2) is 6.01. The van der Waals surface area contributed by atoms with Gasteiger partial charge in [-0.1, -0.05) is 24.3 Å². The van der Waals surface area contributed by atoms with Crippen LogP contribution >= 0.6 is 11.3 Å². The summed E-state index contributed by atoms with van der Waals surface area (Å²) >= 11 is 1.65. The van der Waals surface area contributed by atoms with Crippen LogP contribution in [0.15, 0.2) is 23.2 Å². The van der Waals surface area contributed by atoms with Crippen molar-refractivity contribution in [2.45, 2.75) is 32.3 Å². The molecule has 1 spiro atoms. The molecule has 0 aliphatic carbocycles. The molecular weight excluding hydrogens is 320 g/mol. The molecule has 5 nitrogen and oxygen atoms in total. The van der Waals surface area contributed by atoms with Gasteiger partial charge in [0.05, 0.1) is 16.8 Å². The molecule has 1 aromatic heterocycles. The number of piperidine rings is 1. The van der Waals surface area contributed by atoms with E-state index in [0.717, 1.165) is 36.7 Å². The SMILES string of the molecule is CCC1CCN(C)CC12CN=C(Nc1nc3ccc(C)cc3s1)O2. The number of benzene rings is 1. The summed E-state index contributed by atoms with van der Waals surface area (Å²) in [6.45, 7) is 7.18. The van der Waals surface area contributed by atoms with Crippen LogP contribution in [0, 0.1) is 12.8 Å². The highest BCUT2D eigenvalue weighted by molar-refractivity contribution is 7.22. The topological polar surface area (TPSA) is 49.8 Å². The number of nitrogens with one attached hydrogen (secondary N) is 1. The van der Waals surface area contributed by atoms with Gasteiger partial charge in [0, 0.05) is 12.5 Å². The predicted molar refractivity (Wildman–Crippen MR) is 100.0 cm³/mol. The molecule has 2 unspecified atom stereocenters. The smallest absolute Gasteiger partial charge is 0.291 e. The first-order valence-corrected chi connectivity index (χ1v) is 9.46.